The molecule has 0 fully saturated rings. The van der Waals surface area contributed by atoms with Crippen LogP contribution in [-0.2, 0) is 6.42 Å². The zero-order chi connectivity index (χ0) is 14.1. The van der Waals surface area contributed by atoms with E-state index in [-0.39, 0.29) is 5.82 Å². The van der Waals surface area contributed by atoms with Gasteiger partial charge in [0.15, 0.2) is 0 Å². The van der Waals surface area contributed by atoms with E-state index in [4.69, 9.17) is 11.6 Å². The highest BCUT2D eigenvalue weighted by molar-refractivity contribution is 7.19. The van der Waals surface area contributed by atoms with E-state index in [0.717, 1.165) is 20.5 Å². The van der Waals surface area contributed by atoms with Gasteiger partial charge in [-0.15, -0.1) is 11.3 Å². The summed E-state index contributed by atoms with van der Waals surface area (Å²) in [7, 11) is 0. The molecule has 0 amide bonds. The van der Waals surface area contributed by atoms with E-state index >= 15 is 0 Å². The molecule has 0 spiro atoms. The lowest BCUT2D eigenvalue weighted by Gasteiger charge is -2.09. The number of halogens is 2. The third-order valence-corrected chi connectivity index (χ3v) is 4.77. The molecule has 3 aromatic rings. The van der Waals surface area contributed by atoms with Crippen LogP contribution in [0.1, 0.15) is 16.5 Å². The first kappa shape index (κ1) is 13.6. The normalized spacial score (nSPS) is 12.8. The number of rotatable bonds is 3. The largest absolute Gasteiger partial charge is 0.387 e. The van der Waals surface area contributed by atoms with Crippen LogP contribution >= 0.6 is 22.9 Å². The quantitative estimate of drug-likeness (QED) is 0.724. The van der Waals surface area contributed by atoms with Gasteiger partial charge in [0.1, 0.15) is 5.82 Å². The van der Waals surface area contributed by atoms with Crippen molar-refractivity contribution in [2.24, 2.45) is 0 Å². The lowest BCUT2D eigenvalue weighted by atomic mass is 10.1. The highest BCUT2D eigenvalue weighted by Crippen LogP contribution is 2.32. The van der Waals surface area contributed by atoms with Crippen molar-refractivity contribution in [2.75, 3.05) is 0 Å². The molecule has 1 heterocycles. The average molecular weight is 307 g/mol. The molecule has 1 atom stereocenters. The van der Waals surface area contributed by atoms with Crippen LogP contribution in [0.25, 0.3) is 10.1 Å². The molecule has 0 radical (unpaired) electrons. The third kappa shape index (κ3) is 2.70. The first-order valence-corrected chi connectivity index (χ1v) is 7.43. The maximum Gasteiger partial charge on any atom is 0.124 e. The second-order valence-corrected chi connectivity index (χ2v) is 6.16. The number of hydrogen-bond acceptors (Lipinski definition) is 2. The molecule has 1 N–H and O–H groups in total. The third-order valence-electron chi connectivity index (χ3n) is 3.20. The van der Waals surface area contributed by atoms with Crippen molar-refractivity contribution in [3.63, 3.8) is 0 Å². The molecular formula is C16H12ClFOS. The van der Waals surface area contributed by atoms with Gasteiger partial charge >= 0.3 is 0 Å². The average Bonchev–Trinajstić information content (AvgIpc) is 2.84. The monoisotopic (exact) mass is 306 g/mol. The van der Waals surface area contributed by atoms with E-state index < -0.39 is 6.10 Å². The van der Waals surface area contributed by atoms with Gasteiger partial charge in [-0.3, -0.25) is 0 Å². The lowest BCUT2D eigenvalue weighted by molar-refractivity contribution is 0.182. The Morgan fingerprint density at radius 2 is 1.95 bits per heavy atom. The molecule has 0 saturated heterocycles. The number of aliphatic hydroxyl groups excluding tert-OH is 1. The molecule has 0 aliphatic heterocycles. The highest BCUT2D eigenvalue weighted by atomic mass is 35.5. The van der Waals surface area contributed by atoms with Crippen molar-refractivity contribution < 1.29 is 9.50 Å². The van der Waals surface area contributed by atoms with E-state index in [1.807, 2.05) is 30.3 Å². The van der Waals surface area contributed by atoms with Crippen molar-refractivity contribution in [1.29, 1.82) is 0 Å². The van der Waals surface area contributed by atoms with Crippen LogP contribution in [0.3, 0.4) is 0 Å². The summed E-state index contributed by atoms with van der Waals surface area (Å²) in [5, 5.41) is 11.9. The number of fused-ring (bicyclic) bond motifs is 1. The fourth-order valence-corrected chi connectivity index (χ4v) is 3.45. The minimum absolute atomic E-state index is 0.258. The number of thiophene rings is 1. The number of hydrogen-bond donors (Lipinski definition) is 1. The summed E-state index contributed by atoms with van der Waals surface area (Å²) in [6.07, 6.45) is -0.176. The van der Waals surface area contributed by atoms with Crippen LogP contribution in [-0.4, -0.2) is 5.11 Å². The summed E-state index contributed by atoms with van der Waals surface area (Å²) < 4.78 is 14.0. The van der Waals surface area contributed by atoms with E-state index in [9.17, 15) is 9.50 Å². The summed E-state index contributed by atoms with van der Waals surface area (Å²) in [5.74, 6) is -0.258. The molecule has 2 aromatic carbocycles. The molecule has 0 aliphatic carbocycles. The molecule has 1 aromatic heterocycles. The van der Waals surface area contributed by atoms with Crippen LogP contribution in [0.4, 0.5) is 4.39 Å². The Morgan fingerprint density at radius 3 is 2.75 bits per heavy atom. The van der Waals surface area contributed by atoms with Crippen LogP contribution < -0.4 is 0 Å². The zero-order valence-electron chi connectivity index (χ0n) is 10.5. The van der Waals surface area contributed by atoms with Gasteiger partial charge in [-0.25, -0.2) is 4.39 Å². The van der Waals surface area contributed by atoms with Crippen LogP contribution in [0.2, 0.25) is 5.02 Å². The van der Waals surface area contributed by atoms with E-state index in [0.29, 0.717) is 11.4 Å². The zero-order valence-corrected chi connectivity index (χ0v) is 12.1. The van der Waals surface area contributed by atoms with Crippen LogP contribution in [0.15, 0.2) is 48.5 Å². The molecule has 3 rings (SSSR count). The maximum absolute atomic E-state index is 13.2. The van der Waals surface area contributed by atoms with Gasteiger partial charge < -0.3 is 5.11 Å². The van der Waals surface area contributed by atoms with Gasteiger partial charge in [0.25, 0.3) is 0 Å². The Labute approximate surface area is 125 Å². The first-order chi connectivity index (χ1) is 9.63. The van der Waals surface area contributed by atoms with E-state index in [1.165, 1.54) is 23.5 Å². The Morgan fingerprint density at radius 1 is 1.15 bits per heavy atom. The van der Waals surface area contributed by atoms with Gasteiger partial charge in [0.05, 0.1) is 6.10 Å². The number of aliphatic hydroxyl groups is 1. The summed E-state index contributed by atoms with van der Waals surface area (Å²) >= 11 is 7.51. The summed E-state index contributed by atoms with van der Waals surface area (Å²) in [5.41, 5.74) is 0.908. The molecule has 102 valence electrons. The van der Waals surface area contributed by atoms with Crippen molar-refractivity contribution in [3.8, 4) is 0 Å². The topological polar surface area (TPSA) is 20.2 Å². The molecule has 1 unspecified atom stereocenters. The maximum atomic E-state index is 13.2. The second-order valence-electron chi connectivity index (χ2n) is 4.64. The van der Waals surface area contributed by atoms with Crippen molar-refractivity contribution in [2.45, 2.75) is 12.5 Å². The summed E-state index contributed by atoms with van der Waals surface area (Å²) in [6, 6.07) is 14.0. The molecule has 0 aliphatic rings. The van der Waals surface area contributed by atoms with Crippen molar-refractivity contribution in [3.05, 3.63) is 69.8 Å². The fraction of sp³-hybridized carbons (Fsp3) is 0.125. The van der Waals surface area contributed by atoms with E-state index in [1.54, 1.807) is 6.07 Å². The van der Waals surface area contributed by atoms with E-state index in [2.05, 4.69) is 0 Å². The van der Waals surface area contributed by atoms with Crippen molar-refractivity contribution in [1.82, 2.24) is 0 Å². The molecule has 4 heteroatoms. The minimum atomic E-state index is -0.629. The molecular weight excluding hydrogens is 295 g/mol. The Bertz CT molecular complexity index is 753. The summed E-state index contributed by atoms with van der Waals surface area (Å²) in [4.78, 5) is 0.825. The summed E-state index contributed by atoms with van der Waals surface area (Å²) in [6.45, 7) is 0. The fourth-order valence-electron chi connectivity index (χ4n) is 2.16. The second kappa shape index (κ2) is 5.52. The predicted octanol–water partition coefficient (Wildman–Crippen LogP) is 4.97. The molecule has 20 heavy (non-hydrogen) atoms. The standard InChI is InChI=1S/C16H12ClFOS/c17-13-4-2-1-3-10(13)7-14(19)16-8-11-5-6-12(18)9-15(11)20-16/h1-6,8-9,14,19H,7H2. The SMILES string of the molecule is OC(Cc1ccccc1Cl)c1cc2ccc(F)cc2s1. The smallest absolute Gasteiger partial charge is 0.124 e. The molecule has 0 saturated carbocycles. The molecule has 0 bridgehead atoms. The first-order valence-electron chi connectivity index (χ1n) is 6.24. The van der Waals surface area contributed by atoms with Gasteiger partial charge in [0, 0.05) is 21.0 Å². The van der Waals surface area contributed by atoms with Crippen LogP contribution in [0.5, 0.6) is 0 Å². The Kier molecular flexibility index (Phi) is 3.74. The number of benzene rings is 2. The van der Waals surface area contributed by atoms with Gasteiger partial charge in [-0.2, -0.15) is 0 Å². The van der Waals surface area contributed by atoms with Gasteiger partial charge in [-0.1, -0.05) is 35.9 Å². The highest BCUT2D eigenvalue weighted by Gasteiger charge is 2.14. The van der Waals surface area contributed by atoms with Gasteiger partial charge in [0.2, 0.25) is 0 Å². The Balaban J connectivity index is 1.89. The lowest BCUT2D eigenvalue weighted by Crippen LogP contribution is -1.99. The van der Waals surface area contributed by atoms with Crippen LogP contribution in [0, 0.1) is 5.82 Å². The van der Waals surface area contributed by atoms with Crippen molar-refractivity contribution >= 4 is 33.0 Å². The predicted molar refractivity (Wildman–Crippen MR) is 81.9 cm³/mol. The molecule has 1 nitrogen and oxygen atoms in total. The minimum Gasteiger partial charge on any atom is -0.387 e. The Hall–Kier alpha value is -1.42. The van der Waals surface area contributed by atoms with Gasteiger partial charge in [-0.05, 0) is 35.2 Å².